The fraction of sp³-hybridized carbons (Fsp3) is 0.833. The highest BCUT2D eigenvalue weighted by atomic mass is 16.5. The van der Waals surface area contributed by atoms with Crippen LogP contribution in [-0.2, 0) is 14.3 Å². The summed E-state index contributed by atoms with van der Waals surface area (Å²) in [5.74, 6) is -0.0467. The van der Waals surface area contributed by atoms with Gasteiger partial charge in [0.15, 0.2) is 0 Å². The maximum absolute atomic E-state index is 12.1. The first-order chi connectivity index (χ1) is 8.70. The molecule has 0 radical (unpaired) electrons. The second-order valence-electron chi connectivity index (χ2n) is 4.30. The van der Waals surface area contributed by atoms with Crippen molar-refractivity contribution in [2.75, 3.05) is 39.9 Å². The standard InChI is InChI=1S/C12H23N3O3/c1-3-14-12(17)10-9-13-6-7-15(10)11(16)5-4-8-18-2/h10,13H,3-9H2,1-2H3,(H,14,17). The van der Waals surface area contributed by atoms with Gasteiger partial charge in [0.1, 0.15) is 6.04 Å². The number of hydrogen-bond acceptors (Lipinski definition) is 4. The van der Waals surface area contributed by atoms with Crippen molar-refractivity contribution in [3.8, 4) is 0 Å². The minimum atomic E-state index is -0.381. The maximum Gasteiger partial charge on any atom is 0.244 e. The molecule has 0 spiro atoms. The van der Waals surface area contributed by atoms with Crippen LogP contribution in [0, 0.1) is 0 Å². The summed E-state index contributed by atoms with van der Waals surface area (Å²) in [5, 5.41) is 5.92. The van der Waals surface area contributed by atoms with Crippen molar-refractivity contribution >= 4 is 11.8 Å². The summed E-state index contributed by atoms with van der Waals surface area (Å²) in [7, 11) is 1.62. The van der Waals surface area contributed by atoms with E-state index < -0.39 is 0 Å². The molecule has 2 amide bonds. The van der Waals surface area contributed by atoms with Crippen molar-refractivity contribution in [3.05, 3.63) is 0 Å². The fourth-order valence-electron chi connectivity index (χ4n) is 2.04. The first-order valence-electron chi connectivity index (χ1n) is 6.47. The lowest BCUT2D eigenvalue weighted by molar-refractivity contribution is -0.141. The number of nitrogens with one attached hydrogen (secondary N) is 2. The number of amides is 2. The molecule has 2 N–H and O–H groups in total. The van der Waals surface area contributed by atoms with Gasteiger partial charge in [-0.1, -0.05) is 0 Å². The second kappa shape index (κ2) is 8.05. The van der Waals surface area contributed by atoms with Crippen molar-refractivity contribution in [1.82, 2.24) is 15.5 Å². The highest BCUT2D eigenvalue weighted by Gasteiger charge is 2.31. The lowest BCUT2D eigenvalue weighted by Gasteiger charge is -2.35. The lowest BCUT2D eigenvalue weighted by atomic mass is 10.1. The number of rotatable bonds is 6. The van der Waals surface area contributed by atoms with Gasteiger partial charge in [0.2, 0.25) is 11.8 Å². The van der Waals surface area contributed by atoms with E-state index >= 15 is 0 Å². The van der Waals surface area contributed by atoms with E-state index in [2.05, 4.69) is 10.6 Å². The Hall–Kier alpha value is -1.14. The summed E-state index contributed by atoms with van der Waals surface area (Å²) >= 11 is 0. The van der Waals surface area contributed by atoms with Crippen molar-refractivity contribution in [2.45, 2.75) is 25.8 Å². The topological polar surface area (TPSA) is 70.7 Å². The van der Waals surface area contributed by atoms with Crippen LogP contribution in [0.4, 0.5) is 0 Å². The third kappa shape index (κ3) is 4.27. The number of methoxy groups -OCH3 is 1. The molecule has 1 aliphatic rings. The van der Waals surface area contributed by atoms with Gasteiger partial charge in [-0.15, -0.1) is 0 Å². The number of carbonyl (C=O) groups is 2. The van der Waals surface area contributed by atoms with Crippen LogP contribution in [0.1, 0.15) is 19.8 Å². The molecule has 0 bridgehead atoms. The van der Waals surface area contributed by atoms with Crippen LogP contribution < -0.4 is 10.6 Å². The monoisotopic (exact) mass is 257 g/mol. The molecule has 1 saturated heterocycles. The third-order valence-electron chi connectivity index (χ3n) is 2.96. The molecule has 0 aliphatic carbocycles. The molecule has 1 heterocycles. The van der Waals surface area contributed by atoms with Crippen LogP contribution in [0.5, 0.6) is 0 Å². The molecule has 6 heteroatoms. The number of piperazine rings is 1. The van der Waals surface area contributed by atoms with Crippen LogP contribution in [0.25, 0.3) is 0 Å². The van der Waals surface area contributed by atoms with Gasteiger partial charge in [-0.05, 0) is 13.3 Å². The average Bonchev–Trinajstić information content (AvgIpc) is 2.39. The van der Waals surface area contributed by atoms with Crippen LogP contribution in [0.2, 0.25) is 0 Å². The van der Waals surface area contributed by atoms with E-state index in [0.717, 1.165) is 6.54 Å². The van der Waals surface area contributed by atoms with Gasteiger partial charge in [0, 0.05) is 46.3 Å². The molecular weight excluding hydrogens is 234 g/mol. The zero-order valence-corrected chi connectivity index (χ0v) is 11.2. The molecule has 18 heavy (non-hydrogen) atoms. The Morgan fingerprint density at radius 2 is 2.28 bits per heavy atom. The highest BCUT2D eigenvalue weighted by Crippen LogP contribution is 2.07. The minimum Gasteiger partial charge on any atom is -0.385 e. The van der Waals surface area contributed by atoms with Gasteiger partial charge in [0.05, 0.1) is 0 Å². The lowest BCUT2D eigenvalue weighted by Crippen LogP contribution is -2.59. The Bertz CT molecular complexity index is 284. The predicted octanol–water partition coefficient (Wildman–Crippen LogP) is -0.650. The van der Waals surface area contributed by atoms with Gasteiger partial charge in [0.25, 0.3) is 0 Å². The maximum atomic E-state index is 12.1. The van der Waals surface area contributed by atoms with E-state index in [-0.39, 0.29) is 17.9 Å². The average molecular weight is 257 g/mol. The van der Waals surface area contributed by atoms with E-state index in [1.165, 1.54) is 0 Å². The molecular formula is C12H23N3O3. The van der Waals surface area contributed by atoms with Crippen LogP contribution >= 0.6 is 0 Å². The van der Waals surface area contributed by atoms with E-state index in [1.807, 2.05) is 6.92 Å². The Labute approximate surface area is 108 Å². The highest BCUT2D eigenvalue weighted by molar-refractivity contribution is 5.88. The van der Waals surface area contributed by atoms with E-state index in [9.17, 15) is 9.59 Å². The number of hydrogen-bond donors (Lipinski definition) is 2. The quantitative estimate of drug-likeness (QED) is 0.620. The van der Waals surface area contributed by atoms with E-state index in [4.69, 9.17) is 4.74 Å². The molecule has 6 nitrogen and oxygen atoms in total. The number of carbonyl (C=O) groups excluding carboxylic acids is 2. The van der Waals surface area contributed by atoms with Gasteiger partial charge in [-0.25, -0.2) is 0 Å². The third-order valence-corrected chi connectivity index (χ3v) is 2.96. The normalized spacial score (nSPS) is 19.7. The summed E-state index contributed by atoms with van der Waals surface area (Å²) in [6.45, 7) is 4.89. The van der Waals surface area contributed by atoms with Crippen LogP contribution in [0.3, 0.4) is 0 Å². The Morgan fingerprint density at radius 3 is 2.94 bits per heavy atom. The summed E-state index contributed by atoms with van der Waals surface area (Å²) < 4.78 is 4.93. The molecule has 1 unspecified atom stereocenters. The predicted molar refractivity (Wildman–Crippen MR) is 68.2 cm³/mol. The van der Waals surface area contributed by atoms with Gasteiger partial charge >= 0.3 is 0 Å². The summed E-state index contributed by atoms with van der Waals surface area (Å²) in [6.07, 6.45) is 1.13. The molecule has 1 fully saturated rings. The Balaban J connectivity index is 2.52. The van der Waals surface area contributed by atoms with Gasteiger partial charge < -0.3 is 20.3 Å². The van der Waals surface area contributed by atoms with Gasteiger partial charge in [-0.3, -0.25) is 9.59 Å². The SMILES string of the molecule is CCNC(=O)C1CNCCN1C(=O)CCCOC. The van der Waals surface area contributed by atoms with Crippen molar-refractivity contribution in [1.29, 1.82) is 0 Å². The van der Waals surface area contributed by atoms with E-state index in [0.29, 0.717) is 39.1 Å². The molecule has 0 saturated carbocycles. The van der Waals surface area contributed by atoms with Crippen molar-refractivity contribution in [3.63, 3.8) is 0 Å². The Morgan fingerprint density at radius 1 is 1.50 bits per heavy atom. The molecule has 1 atom stereocenters. The summed E-state index contributed by atoms with van der Waals surface area (Å²) in [6, 6.07) is -0.381. The van der Waals surface area contributed by atoms with Crippen molar-refractivity contribution in [2.24, 2.45) is 0 Å². The van der Waals surface area contributed by atoms with E-state index in [1.54, 1.807) is 12.0 Å². The molecule has 0 aromatic carbocycles. The number of likely N-dealkylation sites (N-methyl/N-ethyl adjacent to an activating group) is 1. The smallest absolute Gasteiger partial charge is 0.244 e. The second-order valence-corrected chi connectivity index (χ2v) is 4.30. The first kappa shape index (κ1) is 14.9. The van der Waals surface area contributed by atoms with Gasteiger partial charge in [-0.2, -0.15) is 0 Å². The summed E-state index contributed by atoms with van der Waals surface area (Å²) in [5.41, 5.74) is 0. The molecule has 0 aromatic rings. The van der Waals surface area contributed by atoms with Crippen LogP contribution in [0.15, 0.2) is 0 Å². The zero-order valence-electron chi connectivity index (χ0n) is 11.2. The summed E-state index contributed by atoms with van der Waals surface area (Å²) in [4.78, 5) is 25.6. The number of ether oxygens (including phenoxy) is 1. The molecule has 1 aliphatic heterocycles. The molecule has 1 rings (SSSR count). The fourth-order valence-corrected chi connectivity index (χ4v) is 2.04. The molecule has 104 valence electrons. The van der Waals surface area contributed by atoms with Crippen molar-refractivity contribution < 1.29 is 14.3 Å². The largest absolute Gasteiger partial charge is 0.385 e. The van der Waals surface area contributed by atoms with Crippen LogP contribution in [-0.4, -0.2) is 62.7 Å². The zero-order chi connectivity index (χ0) is 13.4. The minimum absolute atomic E-state index is 0.0322. The Kier molecular flexibility index (Phi) is 6.67. The first-order valence-corrected chi connectivity index (χ1v) is 6.47. The number of nitrogens with zero attached hydrogens (tertiary/aromatic N) is 1. The molecule has 0 aromatic heterocycles.